The van der Waals surface area contributed by atoms with Gasteiger partial charge in [0.25, 0.3) is 0 Å². The molecule has 6 atom stereocenters. The SMILES string of the molecule is C[N-][C@@]12CC[C@H](C)[C@@H]1[C@@H]1[C@H](CC[C@H]2C)C1(C)C. The van der Waals surface area contributed by atoms with Crippen LogP contribution in [-0.2, 0) is 0 Å². The van der Waals surface area contributed by atoms with Gasteiger partial charge in [-0.25, -0.2) is 0 Å². The van der Waals surface area contributed by atoms with Crippen molar-refractivity contribution in [1.29, 1.82) is 0 Å². The summed E-state index contributed by atoms with van der Waals surface area (Å²) in [7, 11) is 2.09. The fourth-order valence-electron chi connectivity index (χ4n) is 5.75. The van der Waals surface area contributed by atoms with Crippen molar-refractivity contribution in [3.8, 4) is 0 Å². The van der Waals surface area contributed by atoms with Crippen molar-refractivity contribution in [3.05, 3.63) is 5.32 Å². The molecule has 0 saturated heterocycles. The van der Waals surface area contributed by atoms with Crippen molar-refractivity contribution >= 4 is 0 Å². The third-order valence-electron chi connectivity index (χ3n) is 6.90. The molecule has 0 heterocycles. The summed E-state index contributed by atoms with van der Waals surface area (Å²) in [5.74, 6) is 4.55. The summed E-state index contributed by atoms with van der Waals surface area (Å²) in [5, 5.41) is 4.98. The molecule has 3 rings (SSSR count). The molecule has 98 valence electrons. The van der Waals surface area contributed by atoms with Crippen molar-refractivity contribution in [2.75, 3.05) is 7.05 Å². The standard InChI is InChI=1S/C16H28N/c1-10-8-9-16(17-5)11(2)6-7-12-14(13(10)16)15(12,3)4/h10-14H,6-9H2,1-5H3/q-1/t10-,11+,12-,13+,14-,16+/m0/s1. The maximum atomic E-state index is 4.98. The van der Waals surface area contributed by atoms with E-state index in [-0.39, 0.29) is 0 Å². The fraction of sp³-hybridized carbons (Fsp3) is 1.00. The quantitative estimate of drug-likeness (QED) is 0.635. The van der Waals surface area contributed by atoms with Crippen LogP contribution in [0.3, 0.4) is 0 Å². The van der Waals surface area contributed by atoms with E-state index in [9.17, 15) is 0 Å². The molecule has 1 nitrogen and oxygen atoms in total. The van der Waals surface area contributed by atoms with E-state index < -0.39 is 0 Å². The largest absolute Gasteiger partial charge is 0.659 e. The van der Waals surface area contributed by atoms with Gasteiger partial charge in [-0.15, -0.1) is 5.54 Å². The highest BCUT2D eigenvalue weighted by atomic mass is 15.0. The molecule has 0 aliphatic heterocycles. The first-order valence-electron chi connectivity index (χ1n) is 7.56. The number of hydrogen-bond acceptors (Lipinski definition) is 0. The Kier molecular flexibility index (Phi) is 2.47. The Morgan fingerprint density at radius 1 is 1.00 bits per heavy atom. The molecular weight excluding hydrogens is 206 g/mol. The first-order valence-corrected chi connectivity index (χ1v) is 7.56. The molecule has 3 fully saturated rings. The van der Waals surface area contributed by atoms with E-state index in [0.29, 0.717) is 11.0 Å². The molecular formula is C16H28N-. The molecule has 0 unspecified atom stereocenters. The Hall–Kier alpha value is -0.0400. The fourth-order valence-corrected chi connectivity index (χ4v) is 5.75. The molecule has 0 aromatic heterocycles. The highest BCUT2D eigenvalue weighted by Gasteiger charge is 2.66. The third-order valence-corrected chi connectivity index (χ3v) is 6.90. The van der Waals surface area contributed by atoms with Gasteiger partial charge >= 0.3 is 0 Å². The van der Waals surface area contributed by atoms with Gasteiger partial charge < -0.3 is 5.32 Å². The Bertz CT molecular complexity index is 321. The number of fused-ring (bicyclic) bond motifs is 3. The van der Waals surface area contributed by atoms with E-state index in [4.69, 9.17) is 5.32 Å². The van der Waals surface area contributed by atoms with Gasteiger partial charge in [0, 0.05) is 0 Å². The summed E-state index contributed by atoms with van der Waals surface area (Å²) in [6, 6.07) is 0. The maximum absolute atomic E-state index is 4.98. The molecule has 0 spiro atoms. The van der Waals surface area contributed by atoms with Crippen LogP contribution in [0.4, 0.5) is 0 Å². The molecule has 17 heavy (non-hydrogen) atoms. The van der Waals surface area contributed by atoms with E-state index >= 15 is 0 Å². The molecule has 3 aliphatic rings. The van der Waals surface area contributed by atoms with Crippen molar-refractivity contribution in [2.45, 2.75) is 58.9 Å². The maximum Gasteiger partial charge on any atom is -0.0289 e. The van der Waals surface area contributed by atoms with Gasteiger partial charge in [-0.1, -0.05) is 52.9 Å². The molecule has 0 amide bonds. The van der Waals surface area contributed by atoms with Crippen molar-refractivity contribution in [1.82, 2.24) is 0 Å². The molecule has 1 heteroatoms. The normalized spacial score (nSPS) is 55.9. The minimum Gasteiger partial charge on any atom is -0.659 e. The summed E-state index contributed by atoms with van der Waals surface area (Å²) < 4.78 is 0. The second-order valence-corrected chi connectivity index (χ2v) is 7.69. The highest BCUT2D eigenvalue weighted by Crippen LogP contribution is 2.72. The van der Waals surface area contributed by atoms with Crippen molar-refractivity contribution in [2.24, 2.45) is 35.0 Å². The molecule has 3 aliphatic carbocycles. The zero-order valence-electron chi connectivity index (χ0n) is 12.2. The first kappa shape index (κ1) is 12.0. The minimum absolute atomic E-state index is 0.340. The van der Waals surface area contributed by atoms with Gasteiger partial charge in [-0.05, 0) is 35.5 Å². The Labute approximate surface area is 107 Å². The second kappa shape index (κ2) is 3.50. The van der Waals surface area contributed by atoms with Gasteiger partial charge in [-0.3, -0.25) is 0 Å². The molecule has 0 N–H and O–H groups in total. The van der Waals surface area contributed by atoms with Gasteiger partial charge in [0.05, 0.1) is 0 Å². The predicted octanol–water partition coefficient (Wildman–Crippen LogP) is 4.48. The number of hydrogen-bond donors (Lipinski definition) is 0. The molecule has 0 bridgehead atoms. The zero-order valence-corrected chi connectivity index (χ0v) is 12.2. The highest BCUT2D eigenvalue weighted by molar-refractivity contribution is 5.25. The summed E-state index contributed by atoms with van der Waals surface area (Å²) in [4.78, 5) is 0. The topological polar surface area (TPSA) is 14.1 Å². The lowest BCUT2D eigenvalue weighted by Gasteiger charge is -2.53. The van der Waals surface area contributed by atoms with E-state index in [0.717, 1.165) is 29.6 Å². The van der Waals surface area contributed by atoms with E-state index in [1.54, 1.807) is 0 Å². The van der Waals surface area contributed by atoms with Gasteiger partial charge in [0.2, 0.25) is 0 Å². The summed E-state index contributed by atoms with van der Waals surface area (Å²) >= 11 is 0. The third kappa shape index (κ3) is 1.35. The van der Waals surface area contributed by atoms with Gasteiger partial charge in [-0.2, -0.15) is 7.05 Å². The predicted molar refractivity (Wildman–Crippen MR) is 73.1 cm³/mol. The van der Waals surface area contributed by atoms with E-state index in [2.05, 4.69) is 34.7 Å². The van der Waals surface area contributed by atoms with Crippen LogP contribution in [0.2, 0.25) is 0 Å². The van der Waals surface area contributed by atoms with Crippen LogP contribution >= 0.6 is 0 Å². The lowest BCUT2D eigenvalue weighted by Crippen LogP contribution is -2.41. The summed E-state index contributed by atoms with van der Waals surface area (Å²) in [6.45, 7) is 9.96. The van der Waals surface area contributed by atoms with Crippen LogP contribution < -0.4 is 0 Å². The average molecular weight is 234 g/mol. The summed E-state index contributed by atoms with van der Waals surface area (Å²) in [5.41, 5.74) is 0.950. The number of nitrogens with zero attached hydrogens (tertiary/aromatic N) is 1. The second-order valence-electron chi connectivity index (χ2n) is 7.69. The molecule has 0 aromatic carbocycles. The monoisotopic (exact) mass is 234 g/mol. The van der Waals surface area contributed by atoms with Gasteiger partial charge in [0.1, 0.15) is 0 Å². The minimum atomic E-state index is 0.340. The number of rotatable bonds is 1. The molecule has 0 radical (unpaired) electrons. The van der Waals surface area contributed by atoms with Crippen LogP contribution in [0.1, 0.15) is 53.4 Å². The van der Waals surface area contributed by atoms with E-state index in [1.165, 1.54) is 25.7 Å². The van der Waals surface area contributed by atoms with Crippen molar-refractivity contribution in [3.63, 3.8) is 0 Å². The summed E-state index contributed by atoms with van der Waals surface area (Å²) in [6.07, 6.45) is 5.63. The van der Waals surface area contributed by atoms with E-state index in [1.807, 2.05) is 0 Å². The molecule has 3 saturated carbocycles. The average Bonchev–Trinajstić information content (AvgIpc) is 2.69. The smallest absolute Gasteiger partial charge is 0.0289 e. The van der Waals surface area contributed by atoms with Crippen LogP contribution in [0.25, 0.3) is 5.32 Å². The first-order chi connectivity index (χ1) is 7.95. The Morgan fingerprint density at radius 2 is 1.71 bits per heavy atom. The lowest BCUT2D eigenvalue weighted by atomic mass is 9.71. The van der Waals surface area contributed by atoms with Gasteiger partial charge in [0.15, 0.2) is 0 Å². The zero-order chi connectivity index (χ0) is 12.4. The lowest BCUT2D eigenvalue weighted by molar-refractivity contribution is 0.189. The van der Waals surface area contributed by atoms with Crippen molar-refractivity contribution < 1.29 is 0 Å². The van der Waals surface area contributed by atoms with Crippen LogP contribution in [0.5, 0.6) is 0 Å². The Morgan fingerprint density at radius 3 is 2.35 bits per heavy atom. The van der Waals surface area contributed by atoms with Crippen LogP contribution in [0.15, 0.2) is 0 Å². The Balaban J connectivity index is 2.00. The molecule has 0 aromatic rings. The van der Waals surface area contributed by atoms with Crippen LogP contribution in [-0.4, -0.2) is 12.6 Å². The van der Waals surface area contributed by atoms with Crippen LogP contribution in [0, 0.1) is 35.0 Å².